The van der Waals surface area contributed by atoms with Crippen LogP contribution in [0.25, 0.3) is 0 Å². The number of nitrogens with zero attached hydrogens (tertiary/aromatic N) is 3. The summed E-state index contributed by atoms with van der Waals surface area (Å²) in [6.07, 6.45) is 2.08. The van der Waals surface area contributed by atoms with Gasteiger partial charge in [0.15, 0.2) is 5.13 Å². The van der Waals surface area contributed by atoms with Crippen molar-refractivity contribution in [3.05, 3.63) is 59.4 Å². The van der Waals surface area contributed by atoms with E-state index in [9.17, 15) is 9.90 Å². The SMILES string of the molecule is O=C1/C(=C\[O-])N=C(c2ccccc2)N1c1nccs1.[K+]. The molecule has 0 radical (unpaired) electrons. The Labute approximate surface area is 162 Å². The van der Waals surface area contributed by atoms with Crippen LogP contribution in [0.5, 0.6) is 0 Å². The number of carbonyl (C=O) groups excluding carboxylic acids is 1. The Kier molecular flexibility index (Phi) is 5.25. The number of thiazole rings is 1. The number of carbonyl (C=O) groups is 1. The van der Waals surface area contributed by atoms with E-state index in [1.54, 1.807) is 11.6 Å². The van der Waals surface area contributed by atoms with E-state index in [0.717, 1.165) is 5.56 Å². The van der Waals surface area contributed by atoms with Gasteiger partial charge >= 0.3 is 51.4 Å². The summed E-state index contributed by atoms with van der Waals surface area (Å²) in [7, 11) is 0. The molecule has 2 heterocycles. The van der Waals surface area contributed by atoms with Crippen molar-refractivity contribution in [2.75, 3.05) is 4.90 Å². The molecule has 7 heteroatoms. The van der Waals surface area contributed by atoms with E-state index < -0.39 is 5.91 Å². The van der Waals surface area contributed by atoms with Gasteiger partial charge in [0.25, 0.3) is 5.91 Å². The summed E-state index contributed by atoms with van der Waals surface area (Å²) in [5.41, 5.74) is 0.664. The second-order valence-corrected chi connectivity index (χ2v) is 4.63. The van der Waals surface area contributed by atoms with Gasteiger partial charge in [0, 0.05) is 17.1 Å². The second-order valence-electron chi connectivity index (χ2n) is 3.76. The molecule has 5 nitrogen and oxygen atoms in total. The number of rotatable bonds is 2. The van der Waals surface area contributed by atoms with Crippen molar-refractivity contribution >= 4 is 28.2 Å². The van der Waals surface area contributed by atoms with Gasteiger partial charge in [0.1, 0.15) is 11.5 Å². The maximum absolute atomic E-state index is 12.1. The van der Waals surface area contributed by atoms with Crippen LogP contribution in [0.3, 0.4) is 0 Å². The fraction of sp³-hybridized carbons (Fsp3) is 0. The monoisotopic (exact) mass is 309 g/mol. The third kappa shape index (κ3) is 2.78. The maximum Gasteiger partial charge on any atom is 1.00 e. The Morgan fingerprint density at radius 3 is 2.60 bits per heavy atom. The number of amidine groups is 1. The zero-order valence-electron chi connectivity index (χ0n) is 10.7. The van der Waals surface area contributed by atoms with Crippen molar-refractivity contribution in [3.8, 4) is 0 Å². The van der Waals surface area contributed by atoms with E-state index in [1.807, 2.05) is 30.3 Å². The summed E-state index contributed by atoms with van der Waals surface area (Å²) >= 11 is 1.32. The Morgan fingerprint density at radius 2 is 2.00 bits per heavy atom. The van der Waals surface area contributed by atoms with Crippen LogP contribution in [-0.4, -0.2) is 16.7 Å². The first-order chi connectivity index (χ1) is 9.31. The van der Waals surface area contributed by atoms with Gasteiger partial charge in [-0.25, -0.2) is 14.9 Å². The first kappa shape index (κ1) is 15.6. The number of amides is 1. The second kappa shape index (κ2) is 6.75. The van der Waals surface area contributed by atoms with Crippen LogP contribution in [0.2, 0.25) is 0 Å². The van der Waals surface area contributed by atoms with Crippen molar-refractivity contribution in [2.24, 2.45) is 4.99 Å². The van der Waals surface area contributed by atoms with Crippen molar-refractivity contribution in [3.63, 3.8) is 0 Å². The number of aliphatic imine (C=N–C) groups is 1. The fourth-order valence-electron chi connectivity index (χ4n) is 1.78. The van der Waals surface area contributed by atoms with E-state index >= 15 is 0 Å². The van der Waals surface area contributed by atoms with Crippen LogP contribution in [0.15, 0.2) is 58.9 Å². The van der Waals surface area contributed by atoms with E-state index in [2.05, 4.69) is 9.98 Å². The van der Waals surface area contributed by atoms with Crippen LogP contribution in [-0.2, 0) is 4.79 Å². The minimum absolute atomic E-state index is 0. The summed E-state index contributed by atoms with van der Waals surface area (Å²) < 4.78 is 0. The molecule has 0 fully saturated rings. The zero-order chi connectivity index (χ0) is 13.2. The number of aromatic nitrogens is 1. The predicted molar refractivity (Wildman–Crippen MR) is 70.7 cm³/mol. The first-order valence-electron chi connectivity index (χ1n) is 5.51. The largest absolute Gasteiger partial charge is 1.00 e. The third-order valence-electron chi connectivity index (χ3n) is 2.61. The molecule has 3 rings (SSSR count). The van der Waals surface area contributed by atoms with E-state index in [0.29, 0.717) is 17.2 Å². The summed E-state index contributed by atoms with van der Waals surface area (Å²) in [5.74, 6) is -0.00791. The Balaban J connectivity index is 0.00000147. The molecule has 2 aromatic rings. The molecule has 1 aromatic heterocycles. The van der Waals surface area contributed by atoms with Crippen molar-refractivity contribution in [1.29, 1.82) is 0 Å². The Morgan fingerprint density at radius 1 is 1.25 bits per heavy atom. The van der Waals surface area contributed by atoms with Crippen LogP contribution in [0, 0.1) is 0 Å². The number of benzene rings is 1. The van der Waals surface area contributed by atoms with Crippen LogP contribution in [0.1, 0.15) is 5.56 Å². The molecule has 1 aliphatic heterocycles. The van der Waals surface area contributed by atoms with Gasteiger partial charge in [-0.1, -0.05) is 30.3 Å². The average Bonchev–Trinajstić information content (AvgIpc) is 3.07. The summed E-state index contributed by atoms with van der Waals surface area (Å²) in [6, 6.07) is 9.24. The first-order valence-corrected chi connectivity index (χ1v) is 6.39. The summed E-state index contributed by atoms with van der Waals surface area (Å²) in [5, 5.41) is 13.2. The van der Waals surface area contributed by atoms with Gasteiger partial charge in [-0.05, 0) is 0 Å². The molecule has 0 bridgehead atoms. The van der Waals surface area contributed by atoms with Gasteiger partial charge < -0.3 is 5.11 Å². The molecule has 1 amide bonds. The maximum atomic E-state index is 12.1. The minimum Gasteiger partial charge on any atom is -0.876 e. The zero-order valence-corrected chi connectivity index (χ0v) is 14.6. The summed E-state index contributed by atoms with van der Waals surface area (Å²) in [4.78, 5) is 21.7. The standard InChI is InChI=1S/C13H9N3O2S.K/c17-8-10-12(18)16(13-14-6-7-19-13)11(15-10)9-4-2-1-3-5-9;/h1-8,17H;/q;+1/p-1/b10-8+;. The molecule has 0 saturated carbocycles. The Bertz CT molecular complexity index is 668. The van der Waals surface area contributed by atoms with E-state index in [1.165, 1.54) is 16.2 Å². The summed E-state index contributed by atoms with van der Waals surface area (Å²) in [6.45, 7) is 0. The molecule has 1 aromatic carbocycles. The third-order valence-corrected chi connectivity index (χ3v) is 3.37. The quantitative estimate of drug-likeness (QED) is 0.371. The molecule has 0 spiro atoms. The molecule has 0 N–H and O–H groups in total. The average molecular weight is 309 g/mol. The topological polar surface area (TPSA) is 68.6 Å². The smallest absolute Gasteiger partial charge is 0.876 e. The van der Waals surface area contributed by atoms with Gasteiger partial charge in [-0.2, -0.15) is 0 Å². The van der Waals surface area contributed by atoms with Gasteiger partial charge in [0.05, 0.1) is 0 Å². The molecule has 0 aliphatic carbocycles. The number of hydrogen-bond donors (Lipinski definition) is 0. The molecule has 94 valence electrons. The molecule has 20 heavy (non-hydrogen) atoms. The fourth-order valence-corrected chi connectivity index (χ4v) is 2.42. The van der Waals surface area contributed by atoms with Gasteiger partial charge in [0.2, 0.25) is 0 Å². The van der Waals surface area contributed by atoms with Crippen LogP contribution in [0.4, 0.5) is 5.13 Å². The van der Waals surface area contributed by atoms with Crippen molar-refractivity contribution < 1.29 is 61.3 Å². The Hall–Kier alpha value is -0.834. The normalized spacial score (nSPS) is 16.2. The molecule has 0 atom stereocenters. The molecular weight excluding hydrogens is 301 g/mol. The van der Waals surface area contributed by atoms with Crippen molar-refractivity contribution in [2.45, 2.75) is 0 Å². The predicted octanol–water partition coefficient (Wildman–Crippen LogP) is -1.86. The van der Waals surface area contributed by atoms with Gasteiger partial charge in [-0.3, -0.25) is 4.79 Å². The van der Waals surface area contributed by atoms with Crippen molar-refractivity contribution in [1.82, 2.24) is 4.98 Å². The molecule has 1 aliphatic rings. The number of hydrogen-bond acceptors (Lipinski definition) is 5. The molecule has 0 unspecified atom stereocenters. The van der Waals surface area contributed by atoms with E-state index in [4.69, 9.17) is 0 Å². The van der Waals surface area contributed by atoms with E-state index in [-0.39, 0.29) is 57.1 Å². The molecule has 0 saturated heterocycles. The number of anilines is 1. The van der Waals surface area contributed by atoms with Crippen LogP contribution < -0.4 is 61.4 Å². The molecular formula is C13H8KN3O2S. The van der Waals surface area contributed by atoms with Gasteiger partial charge in [-0.15, -0.1) is 17.6 Å². The van der Waals surface area contributed by atoms with Crippen LogP contribution >= 0.6 is 11.3 Å². The minimum atomic E-state index is -0.441.